The third-order valence-electron chi connectivity index (χ3n) is 3.62. The van der Waals surface area contributed by atoms with E-state index < -0.39 is 0 Å². The van der Waals surface area contributed by atoms with E-state index in [1.807, 2.05) is 6.07 Å². The third-order valence-corrected chi connectivity index (χ3v) is 4.95. The lowest BCUT2D eigenvalue weighted by atomic mass is 10.1. The summed E-state index contributed by atoms with van der Waals surface area (Å²) in [4.78, 5) is 18.1. The minimum absolute atomic E-state index is 0.100. The molecule has 2 rings (SSSR count). The first-order valence-corrected chi connectivity index (χ1v) is 9.00. The van der Waals surface area contributed by atoms with Crippen LogP contribution < -0.4 is 10.4 Å². The van der Waals surface area contributed by atoms with E-state index in [1.165, 1.54) is 37.0 Å². The van der Waals surface area contributed by atoms with Crippen molar-refractivity contribution in [1.29, 1.82) is 0 Å². The molecule has 4 nitrogen and oxygen atoms in total. The van der Waals surface area contributed by atoms with Gasteiger partial charge in [0.25, 0.3) is 0 Å². The first kappa shape index (κ1) is 17.0. The molecule has 0 aliphatic carbocycles. The molecule has 0 bridgehead atoms. The highest BCUT2D eigenvalue weighted by Crippen LogP contribution is 2.28. The summed E-state index contributed by atoms with van der Waals surface area (Å²) in [5.41, 5.74) is -0.355. The predicted molar refractivity (Wildman–Crippen MR) is 91.1 cm³/mol. The SMILES string of the molecule is CCCCCCCCOc1nc2sc(C(C)C)cc2c(=O)o1. The second-order valence-corrected chi connectivity index (χ2v) is 6.97. The Balaban J connectivity index is 1.90. The molecule has 0 atom stereocenters. The van der Waals surface area contributed by atoms with Crippen molar-refractivity contribution in [1.82, 2.24) is 4.98 Å². The summed E-state index contributed by atoms with van der Waals surface area (Å²) in [6, 6.07) is 1.88. The fourth-order valence-corrected chi connectivity index (χ4v) is 3.27. The fourth-order valence-electron chi connectivity index (χ4n) is 2.26. The maximum absolute atomic E-state index is 12.0. The Morgan fingerprint density at radius 1 is 1.23 bits per heavy atom. The second kappa shape index (κ2) is 8.32. The van der Waals surface area contributed by atoms with E-state index in [9.17, 15) is 4.79 Å². The Morgan fingerprint density at radius 2 is 1.95 bits per heavy atom. The molecule has 0 saturated heterocycles. The molecule has 0 aliphatic heterocycles. The summed E-state index contributed by atoms with van der Waals surface area (Å²) >= 11 is 1.54. The molecule has 0 unspecified atom stereocenters. The summed E-state index contributed by atoms with van der Waals surface area (Å²) in [7, 11) is 0. The van der Waals surface area contributed by atoms with Crippen molar-refractivity contribution in [3.05, 3.63) is 21.4 Å². The van der Waals surface area contributed by atoms with Crippen molar-refractivity contribution in [2.45, 2.75) is 65.2 Å². The molecule has 0 saturated carbocycles. The minimum atomic E-state index is -0.355. The number of nitrogens with zero attached hydrogens (tertiary/aromatic N) is 1. The van der Waals surface area contributed by atoms with Crippen LogP contribution >= 0.6 is 11.3 Å². The summed E-state index contributed by atoms with van der Waals surface area (Å²) in [6.07, 6.45) is 7.27. The van der Waals surface area contributed by atoms with Crippen molar-refractivity contribution in [3.8, 4) is 6.08 Å². The minimum Gasteiger partial charge on any atom is -0.450 e. The maximum atomic E-state index is 12.0. The van der Waals surface area contributed by atoms with Gasteiger partial charge in [0.15, 0.2) is 0 Å². The van der Waals surface area contributed by atoms with Gasteiger partial charge in [0.05, 0.1) is 12.0 Å². The Kier molecular flexibility index (Phi) is 6.43. The smallest absolute Gasteiger partial charge is 0.397 e. The van der Waals surface area contributed by atoms with Crippen LogP contribution in [0.25, 0.3) is 10.2 Å². The number of ether oxygens (including phenoxy) is 1. The highest BCUT2D eigenvalue weighted by Gasteiger charge is 2.13. The van der Waals surface area contributed by atoms with E-state index in [0.29, 0.717) is 22.7 Å². The van der Waals surface area contributed by atoms with Gasteiger partial charge < -0.3 is 9.15 Å². The lowest BCUT2D eigenvalue weighted by molar-refractivity contribution is 0.211. The fraction of sp³-hybridized carbons (Fsp3) is 0.647. The van der Waals surface area contributed by atoms with Gasteiger partial charge in [0.1, 0.15) is 4.83 Å². The van der Waals surface area contributed by atoms with Crippen molar-refractivity contribution < 1.29 is 9.15 Å². The van der Waals surface area contributed by atoms with Crippen LogP contribution in [-0.2, 0) is 0 Å². The largest absolute Gasteiger partial charge is 0.450 e. The van der Waals surface area contributed by atoms with Crippen LogP contribution in [0.4, 0.5) is 0 Å². The van der Waals surface area contributed by atoms with E-state index in [1.54, 1.807) is 0 Å². The number of hydrogen-bond donors (Lipinski definition) is 0. The molecule has 0 amide bonds. The molecule has 2 aromatic heterocycles. The van der Waals surface area contributed by atoms with Crippen LogP contribution in [0.5, 0.6) is 6.08 Å². The van der Waals surface area contributed by atoms with Crippen molar-refractivity contribution in [3.63, 3.8) is 0 Å². The highest BCUT2D eigenvalue weighted by atomic mass is 32.1. The van der Waals surface area contributed by atoms with Gasteiger partial charge in [0.2, 0.25) is 0 Å². The van der Waals surface area contributed by atoms with Crippen LogP contribution in [-0.4, -0.2) is 11.6 Å². The van der Waals surface area contributed by atoms with Gasteiger partial charge in [-0.3, -0.25) is 0 Å². The maximum Gasteiger partial charge on any atom is 0.397 e. The molecule has 0 spiro atoms. The zero-order chi connectivity index (χ0) is 15.9. The van der Waals surface area contributed by atoms with E-state index in [-0.39, 0.29) is 11.7 Å². The van der Waals surface area contributed by atoms with E-state index >= 15 is 0 Å². The van der Waals surface area contributed by atoms with Gasteiger partial charge in [0, 0.05) is 4.88 Å². The van der Waals surface area contributed by atoms with Crippen LogP contribution in [0.1, 0.15) is 70.1 Å². The third kappa shape index (κ3) is 4.57. The molecular formula is C17H25NO3S. The number of aromatic nitrogens is 1. The zero-order valence-electron chi connectivity index (χ0n) is 13.7. The lowest BCUT2D eigenvalue weighted by Crippen LogP contribution is -2.05. The standard InChI is InChI=1S/C17H25NO3S/c1-4-5-6-7-8-9-10-20-17-18-15-13(16(19)21-17)11-14(22-15)12(2)3/h11-12H,4-10H2,1-3H3. The molecule has 0 radical (unpaired) electrons. The van der Waals surface area contributed by atoms with Crippen molar-refractivity contribution in [2.24, 2.45) is 0 Å². The summed E-state index contributed by atoms with van der Waals surface area (Å²) in [5.74, 6) is 0.381. The summed E-state index contributed by atoms with van der Waals surface area (Å²) < 4.78 is 10.6. The van der Waals surface area contributed by atoms with Crippen LogP contribution in [0.15, 0.2) is 15.3 Å². The first-order valence-electron chi connectivity index (χ1n) is 8.19. The molecule has 2 heterocycles. The van der Waals surface area contributed by atoms with Crippen LogP contribution in [0.3, 0.4) is 0 Å². The van der Waals surface area contributed by atoms with Gasteiger partial charge in [-0.25, -0.2) is 4.79 Å². The Morgan fingerprint density at radius 3 is 2.68 bits per heavy atom. The number of rotatable bonds is 9. The number of unbranched alkanes of at least 4 members (excludes halogenated alkanes) is 5. The van der Waals surface area contributed by atoms with Gasteiger partial charge >= 0.3 is 11.7 Å². The number of fused-ring (bicyclic) bond motifs is 1. The van der Waals surface area contributed by atoms with Crippen molar-refractivity contribution in [2.75, 3.05) is 6.61 Å². The molecule has 0 aromatic carbocycles. The second-order valence-electron chi connectivity index (χ2n) is 5.91. The van der Waals surface area contributed by atoms with Crippen molar-refractivity contribution >= 4 is 21.6 Å². The Labute approximate surface area is 135 Å². The predicted octanol–water partition coefficient (Wildman–Crippen LogP) is 5.11. The quantitative estimate of drug-likeness (QED) is 0.602. The number of hydrogen-bond acceptors (Lipinski definition) is 5. The van der Waals surface area contributed by atoms with Crippen LogP contribution in [0.2, 0.25) is 0 Å². The zero-order valence-corrected chi connectivity index (χ0v) is 14.5. The highest BCUT2D eigenvalue weighted by molar-refractivity contribution is 7.18. The summed E-state index contributed by atoms with van der Waals surface area (Å²) in [5, 5.41) is 0.556. The Hall–Kier alpha value is -1.36. The molecule has 0 N–H and O–H groups in total. The topological polar surface area (TPSA) is 52.3 Å². The van der Waals surface area contributed by atoms with Gasteiger partial charge in [-0.1, -0.05) is 52.9 Å². The van der Waals surface area contributed by atoms with E-state index in [2.05, 4.69) is 25.8 Å². The average Bonchev–Trinajstić information content (AvgIpc) is 2.91. The van der Waals surface area contributed by atoms with Gasteiger partial charge in [-0.05, 0) is 18.4 Å². The van der Waals surface area contributed by atoms with Crippen LogP contribution in [0, 0.1) is 0 Å². The molecule has 122 valence electrons. The van der Waals surface area contributed by atoms with E-state index in [4.69, 9.17) is 9.15 Å². The monoisotopic (exact) mass is 323 g/mol. The molecule has 2 aromatic rings. The molecule has 22 heavy (non-hydrogen) atoms. The Bertz CT molecular complexity index is 645. The molecule has 5 heteroatoms. The van der Waals surface area contributed by atoms with Gasteiger partial charge in [-0.2, -0.15) is 4.98 Å². The van der Waals surface area contributed by atoms with Gasteiger partial charge in [-0.15, -0.1) is 11.3 Å². The summed E-state index contributed by atoms with van der Waals surface area (Å²) in [6.45, 7) is 6.96. The van der Waals surface area contributed by atoms with E-state index in [0.717, 1.165) is 17.7 Å². The first-order chi connectivity index (χ1) is 10.6. The normalized spacial score (nSPS) is 11.5. The molecule has 0 aliphatic rings. The molecular weight excluding hydrogens is 298 g/mol. The average molecular weight is 323 g/mol. The molecule has 0 fully saturated rings. The lowest BCUT2D eigenvalue weighted by Gasteiger charge is -2.03. The number of thiophene rings is 1.